The summed E-state index contributed by atoms with van der Waals surface area (Å²) in [5, 5.41) is 0. The Labute approximate surface area is 334 Å². The molecule has 0 aromatic heterocycles. The van der Waals surface area contributed by atoms with Crippen LogP contribution in [0.4, 0.5) is 0 Å². The first-order chi connectivity index (χ1) is 21.6. The summed E-state index contributed by atoms with van der Waals surface area (Å²) < 4.78 is 62.3. The zero-order chi connectivity index (χ0) is 34.6. The Morgan fingerprint density at radius 2 is 0.580 bits per heavy atom. The van der Waals surface area contributed by atoms with Gasteiger partial charge in [0, 0.05) is 0 Å². The van der Waals surface area contributed by atoms with Crippen molar-refractivity contribution >= 4 is 20.2 Å². The SMILES string of the molecule is CC1CCCC1.CC1CCCC1.CC1CCCC1.CC1CCCC1.Cc1ccc(S(=O)(=O)[O-])cc1.Cc1ccc(S(=O)(=O)[O-])cc1.O.O.[Mo+3].[Mo+3]. The monoisotopic (exact) mass is 910 g/mol. The van der Waals surface area contributed by atoms with E-state index in [1.54, 1.807) is 24.3 Å². The van der Waals surface area contributed by atoms with Gasteiger partial charge in [0.15, 0.2) is 0 Å². The van der Waals surface area contributed by atoms with Crippen LogP contribution < -0.4 is 0 Å². The smallest absolute Gasteiger partial charge is 0.744 e. The third-order valence-electron chi connectivity index (χ3n) is 9.19. The summed E-state index contributed by atoms with van der Waals surface area (Å²) in [5.41, 5.74) is 1.86. The predicted molar refractivity (Wildman–Crippen MR) is 196 cm³/mol. The maximum absolute atomic E-state index is 10.4. The van der Waals surface area contributed by atoms with Crippen LogP contribution in [0.2, 0.25) is 0 Å². The standard InChI is InChI=1S/2C7H8O3S.4C6H12.2Mo.2H2O/c2*1-6-2-4-7(5-3-6)11(8,9)10;4*1-6-4-2-3-5-6;;;;/h2*2-5H,1H3,(H,8,9,10);4*6H,2-5H2,1H3;;;2*1H2/q;;;;;;2*+3;;/p-2. The van der Waals surface area contributed by atoms with Gasteiger partial charge in [-0.25, -0.2) is 16.8 Å². The first-order valence-electron chi connectivity index (χ1n) is 17.6. The molecule has 2 aromatic carbocycles. The molecule has 0 aliphatic heterocycles. The van der Waals surface area contributed by atoms with Gasteiger partial charge in [0.1, 0.15) is 20.2 Å². The first-order valence-corrected chi connectivity index (χ1v) is 20.4. The van der Waals surface area contributed by atoms with E-state index in [4.69, 9.17) is 0 Å². The first kappa shape index (κ1) is 56.3. The van der Waals surface area contributed by atoms with Crippen LogP contribution in [0.5, 0.6) is 0 Å². The van der Waals surface area contributed by atoms with E-state index in [2.05, 4.69) is 27.7 Å². The fourth-order valence-electron chi connectivity index (χ4n) is 5.93. The summed E-state index contributed by atoms with van der Waals surface area (Å²) in [4.78, 5) is -0.355. The van der Waals surface area contributed by atoms with Crippen LogP contribution in [-0.2, 0) is 62.4 Å². The summed E-state index contributed by atoms with van der Waals surface area (Å²) in [6, 6.07) is 11.6. The van der Waals surface area contributed by atoms with E-state index in [-0.39, 0.29) is 62.9 Å². The minimum atomic E-state index is -4.27. The maximum atomic E-state index is 10.4. The van der Waals surface area contributed by atoms with Crippen LogP contribution in [0.15, 0.2) is 58.3 Å². The molecule has 50 heavy (non-hydrogen) atoms. The van der Waals surface area contributed by atoms with E-state index in [1.165, 1.54) is 127 Å². The molecule has 0 bridgehead atoms. The molecular weight excluding hydrogens is 840 g/mol. The molecule has 0 saturated heterocycles. The molecule has 4 N–H and O–H groups in total. The molecule has 4 aliphatic carbocycles. The summed E-state index contributed by atoms with van der Waals surface area (Å²) >= 11 is 0. The largest absolute Gasteiger partial charge is 3.00 e. The van der Waals surface area contributed by atoms with Crippen molar-refractivity contribution < 1.29 is 79.0 Å². The molecule has 0 amide bonds. The van der Waals surface area contributed by atoms with Crippen molar-refractivity contribution in [2.24, 2.45) is 23.7 Å². The van der Waals surface area contributed by atoms with E-state index in [1.807, 2.05) is 13.8 Å². The molecule has 4 saturated carbocycles. The quantitative estimate of drug-likeness (QED) is 0.215. The zero-order valence-corrected chi connectivity index (χ0v) is 37.0. The number of rotatable bonds is 2. The van der Waals surface area contributed by atoms with Crippen molar-refractivity contribution in [1.29, 1.82) is 0 Å². The molecule has 8 nitrogen and oxygen atoms in total. The molecule has 2 aromatic rings. The molecule has 2 radical (unpaired) electrons. The van der Waals surface area contributed by atoms with Gasteiger partial charge in [-0.1, -0.05) is 166 Å². The van der Waals surface area contributed by atoms with Gasteiger partial charge in [0.2, 0.25) is 0 Å². The van der Waals surface area contributed by atoms with Crippen molar-refractivity contribution in [3.63, 3.8) is 0 Å². The van der Waals surface area contributed by atoms with Crippen LogP contribution in [0.25, 0.3) is 0 Å². The Hall–Kier alpha value is -0.443. The Kier molecular flexibility index (Phi) is 34.9. The second-order valence-corrected chi connectivity index (χ2v) is 16.9. The van der Waals surface area contributed by atoms with E-state index in [0.717, 1.165) is 34.8 Å². The Morgan fingerprint density at radius 3 is 0.680 bits per heavy atom. The van der Waals surface area contributed by atoms with Crippen LogP contribution >= 0.6 is 0 Å². The van der Waals surface area contributed by atoms with Gasteiger partial charge in [0.05, 0.1) is 9.79 Å². The molecule has 0 spiro atoms. The van der Waals surface area contributed by atoms with Gasteiger partial charge < -0.3 is 20.1 Å². The van der Waals surface area contributed by atoms with E-state index in [9.17, 15) is 25.9 Å². The normalized spacial score (nSPS) is 17.3. The average Bonchev–Trinajstić information content (AvgIpc) is 3.82. The molecule has 4 fully saturated rings. The Balaban J connectivity index is -0.000000255. The number of hydrogen-bond donors (Lipinski definition) is 0. The van der Waals surface area contributed by atoms with Crippen LogP contribution in [0, 0.1) is 37.5 Å². The predicted octanol–water partition coefficient (Wildman–Crippen LogP) is 8.93. The van der Waals surface area contributed by atoms with Crippen LogP contribution in [-0.4, -0.2) is 36.9 Å². The van der Waals surface area contributed by atoms with Crippen molar-refractivity contribution in [3.8, 4) is 0 Å². The number of hydrogen-bond acceptors (Lipinski definition) is 6. The molecule has 4 aliphatic rings. The van der Waals surface area contributed by atoms with Crippen molar-refractivity contribution in [3.05, 3.63) is 59.7 Å². The Morgan fingerprint density at radius 1 is 0.420 bits per heavy atom. The van der Waals surface area contributed by atoms with Gasteiger partial charge in [-0.3, -0.25) is 0 Å². The minimum absolute atomic E-state index is 0. The summed E-state index contributed by atoms with van der Waals surface area (Å²) in [7, 11) is -8.54. The van der Waals surface area contributed by atoms with Gasteiger partial charge in [-0.05, 0) is 61.8 Å². The summed E-state index contributed by atoms with van der Waals surface area (Å²) in [6.45, 7) is 13.0. The third kappa shape index (κ3) is 29.1. The van der Waals surface area contributed by atoms with Gasteiger partial charge in [-0.2, -0.15) is 0 Å². The van der Waals surface area contributed by atoms with Gasteiger partial charge >= 0.3 is 42.1 Å². The molecule has 0 heterocycles. The number of benzene rings is 2. The topological polar surface area (TPSA) is 177 Å². The molecule has 6 rings (SSSR count). The molecule has 0 atom stereocenters. The maximum Gasteiger partial charge on any atom is 3.00 e. The van der Waals surface area contributed by atoms with E-state index < -0.39 is 20.2 Å². The summed E-state index contributed by atoms with van der Waals surface area (Å²) in [5.74, 6) is 4.19. The Bertz CT molecular complexity index is 1140. The van der Waals surface area contributed by atoms with E-state index in [0.29, 0.717) is 0 Å². The third-order valence-corrected chi connectivity index (χ3v) is 10.9. The molecular formula is C38H66Mo2O8S2+4. The molecule has 0 unspecified atom stereocenters. The minimum Gasteiger partial charge on any atom is -0.744 e. The zero-order valence-electron chi connectivity index (χ0n) is 31.3. The van der Waals surface area contributed by atoms with Crippen molar-refractivity contribution in [2.45, 2.75) is 154 Å². The van der Waals surface area contributed by atoms with Gasteiger partial charge in [0.25, 0.3) is 0 Å². The second kappa shape index (κ2) is 31.0. The molecule has 12 heteroatoms. The second-order valence-electron chi connectivity index (χ2n) is 14.1. The summed E-state index contributed by atoms with van der Waals surface area (Å²) in [6.07, 6.45) is 23.8. The number of aryl methyl sites for hydroxylation is 2. The molecule has 286 valence electrons. The van der Waals surface area contributed by atoms with Crippen molar-refractivity contribution in [2.75, 3.05) is 0 Å². The average molecular weight is 907 g/mol. The van der Waals surface area contributed by atoms with Gasteiger partial charge in [-0.15, -0.1) is 0 Å². The van der Waals surface area contributed by atoms with Crippen LogP contribution in [0.1, 0.15) is 142 Å². The van der Waals surface area contributed by atoms with E-state index >= 15 is 0 Å². The van der Waals surface area contributed by atoms with Crippen molar-refractivity contribution in [1.82, 2.24) is 0 Å². The fourth-order valence-corrected chi connectivity index (χ4v) is 6.87. The van der Waals surface area contributed by atoms with Crippen LogP contribution in [0.3, 0.4) is 0 Å². The fraction of sp³-hybridized carbons (Fsp3) is 0.684.